The minimum absolute atomic E-state index is 0.175. The maximum Gasteiger partial charge on any atom is 0.356 e. The third-order valence-electron chi connectivity index (χ3n) is 2.87. The van der Waals surface area contributed by atoms with Crippen LogP contribution in [0.4, 0.5) is 10.5 Å². The van der Waals surface area contributed by atoms with Gasteiger partial charge in [-0.1, -0.05) is 13.8 Å². The van der Waals surface area contributed by atoms with Crippen LogP contribution in [-0.2, 0) is 0 Å². The number of carboxylic acid groups (broad SMARTS) is 1. The summed E-state index contributed by atoms with van der Waals surface area (Å²) in [4.78, 5) is 28.5. The molecule has 0 radical (unpaired) electrons. The molecule has 0 aliphatic carbocycles. The predicted molar refractivity (Wildman–Crippen MR) is 76.0 cm³/mol. The monoisotopic (exact) mass is 280 g/mol. The minimum atomic E-state index is -1.18. The molecule has 1 heterocycles. The first kappa shape index (κ1) is 15.9. The number of anilines is 1. The predicted octanol–water partition coefficient (Wildman–Crippen LogP) is 1.24. The summed E-state index contributed by atoms with van der Waals surface area (Å²) in [6, 6.07) is 2.63. The highest BCUT2D eigenvalue weighted by atomic mass is 16.4. The van der Waals surface area contributed by atoms with Gasteiger partial charge >= 0.3 is 12.0 Å². The highest BCUT2D eigenvalue weighted by molar-refractivity contribution is 5.98. The van der Waals surface area contributed by atoms with Crippen LogP contribution in [0.25, 0.3) is 0 Å². The summed E-state index contributed by atoms with van der Waals surface area (Å²) in [7, 11) is 0. The Balaban J connectivity index is 2.49. The number of hydrogen-bond donors (Lipinski definition) is 3. The number of carbonyl (C=O) groups is 2. The number of carbonyl (C=O) groups excluding carboxylic acids is 1. The van der Waals surface area contributed by atoms with Crippen LogP contribution in [0.5, 0.6) is 0 Å². The van der Waals surface area contributed by atoms with E-state index < -0.39 is 12.0 Å². The Kier molecular flexibility index (Phi) is 6.45. The Morgan fingerprint density at radius 1 is 1.35 bits per heavy atom. The molecule has 0 spiro atoms. The maximum atomic E-state index is 11.7. The normalized spacial score (nSPS) is 10.3. The Hall–Kier alpha value is -2.15. The standard InChI is InChI=1S/C13H20N4O3/c1-3-17(4-2)9-8-15-13(20)16-10-6-5-7-14-11(10)12(18)19/h5-7H,3-4,8-9H2,1-2H3,(H,18,19)(H2,15,16,20). The van der Waals surface area contributed by atoms with E-state index in [0.29, 0.717) is 6.54 Å². The van der Waals surface area contributed by atoms with Gasteiger partial charge in [-0.2, -0.15) is 0 Å². The molecular formula is C13H20N4O3. The molecule has 7 heteroatoms. The number of urea groups is 1. The highest BCUT2D eigenvalue weighted by Gasteiger charge is 2.13. The lowest BCUT2D eigenvalue weighted by Crippen LogP contribution is -2.37. The maximum absolute atomic E-state index is 11.7. The molecule has 1 aromatic rings. The van der Waals surface area contributed by atoms with E-state index in [9.17, 15) is 9.59 Å². The van der Waals surface area contributed by atoms with E-state index in [1.807, 2.05) is 0 Å². The smallest absolute Gasteiger partial charge is 0.356 e. The van der Waals surface area contributed by atoms with Crippen LogP contribution >= 0.6 is 0 Å². The quantitative estimate of drug-likeness (QED) is 0.698. The first-order valence-electron chi connectivity index (χ1n) is 6.54. The van der Waals surface area contributed by atoms with Gasteiger partial charge in [-0.05, 0) is 25.2 Å². The van der Waals surface area contributed by atoms with Crippen molar-refractivity contribution in [3.05, 3.63) is 24.0 Å². The van der Waals surface area contributed by atoms with Gasteiger partial charge in [-0.3, -0.25) is 0 Å². The van der Waals surface area contributed by atoms with Crippen LogP contribution in [-0.4, -0.2) is 53.2 Å². The Bertz CT molecular complexity index is 461. The average Bonchev–Trinajstić information content (AvgIpc) is 2.44. The Morgan fingerprint density at radius 3 is 2.65 bits per heavy atom. The Labute approximate surface area is 118 Å². The number of hydrogen-bond acceptors (Lipinski definition) is 4. The van der Waals surface area contributed by atoms with E-state index in [4.69, 9.17) is 5.11 Å². The average molecular weight is 280 g/mol. The van der Waals surface area contributed by atoms with Gasteiger partial charge in [0, 0.05) is 19.3 Å². The number of nitrogens with zero attached hydrogens (tertiary/aromatic N) is 2. The zero-order valence-corrected chi connectivity index (χ0v) is 11.7. The van der Waals surface area contributed by atoms with Crippen molar-refractivity contribution in [2.45, 2.75) is 13.8 Å². The van der Waals surface area contributed by atoms with Crippen LogP contribution in [0.1, 0.15) is 24.3 Å². The lowest BCUT2D eigenvalue weighted by molar-refractivity contribution is 0.0691. The van der Waals surface area contributed by atoms with Crippen molar-refractivity contribution in [1.29, 1.82) is 0 Å². The number of carboxylic acids is 1. The van der Waals surface area contributed by atoms with Gasteiger partial charge in [0.05, 0.1) is 5.69 Å². The van der Waals surface area contributed by atoms with Crippen LogP contribution in [0.2, 0.25) is 0 Å². The summed E-state index contributed by atoms with van der Waals surface area (Å²) in [6.07, 6.45) is 1.37. The van der Waals surface area contributed by atoms with E-state index in [1.165, 1.54) is 12.3 Å². The van der Waals surface area contributed by atoms with Gasteiger partial charge in [-0.15, -0.1) is 0 Å². The molecule has 0 atom stereocenters. The second-order valence-electron chi connectivity index (χ2n) is 4.11. The summed E-state index contributed by atoms with van der Waals surface area (Å²) in [6.45, 7) is 7.20. The van der Waals surface area contributed by atoms with Crippen molar-refractivity contribution < 1.29 is 14.7 Å². The molecule has 1 rings (SSSR count). The van der Waals surface area contributed by atoms with Crippen molar-refractivity contribution in [3.63, 3.8) is 0 Å². The number of nitrogens with one attached hydrogen (secondary N) is 2. The number of pyridine rings is 1. The van der Waals surface area contributed by atoms with E-state index >= 15 is 0 Å². The third kappa shape index (κ3) is 4.85. The van der Waals surface area contributed by atoms with Crippen molar-refractivity contribution in [1.82, 2.24) is 15.2 Å². The van der Waals surface area contributed by atoms with Gasteiger partial charge < -0.3 is 20.6 Å². The van der Waals surface area contributed by atoms with Crippen LogP contribution < -0.4 is 10.6 Å². The number of amides is 2. The van der Waals surface area contributed by atoms with Crippen LogP contribution in [0.3, 0.4) is 0 Å². The fourth-order valence-electron chi connectivity index (χ4n) is 1.71. The highest BCUT2D eigenvalue weighted by Crippen LogP contribution is 2.11. The second kappa shape index (κ2) is 8.11. The molecule has 0 bridgehead atoms. The molecular weight excluding hydrogens is 260 g/mol. The molecule has 0 aliphatic heterocycles. The van der Waals surface area contributed by atoms with E-state index in [-0.39, 0.29) is 11.4 Å². The van der Waals surface area contributed by atoms with Crippen LogP contribution in [0.15, 0.2) is 18.3 Å². The zero-order chi connectivity index (χ0) is 15.0. The molecule has 110 valence electrons. The van der Waals surface area contributed by atoms with Crippen molar-refractivity contribution in [3.8, 4) is 0 Å². The van der Waals surface area contributed by atoms with Gasteiger partial charge in [0.1, 0.15) is 0 Å². The van der Waals surface area contributed by atoms with Crippen LogP contribution in [0, 0.1) is 0 Å². The molecule has 2 amide bonds. The molecule has 0 unspecified atom stereocenters. The topological polar surface area (TPSA) is 94.6 Å². The van der Waals surface area contributed by atoms with Crippen molar-refractivity contribution in [2.24, 2.45) is 0 Å². The minimum Gasteiger partial charge on any atom is -0.476 e. The number of aromatic carboxylic acids is 1. The first-order valence-corrected chi connectivity index (χ1v) is 6.54. The molecule has 0 saturated heterocycles. The van der Waals surface area contributed by atoms with Gasteiger partial charge in [-0.25, -0.2) is 14.6 Å². The largest absolute Gasteiger partial charge is 0.476 e. The number of likely N-dealkylation sites (N-methyl/N-ethyl adjacent to an activating group) is 1. The fourth-order valence-corrected chi connectivity index (χ4v) is 1.71. The number of rotatable bonds is 7. The van der Waals surface area contributed by atoms with Gasteiger partial charge in [0.25, 0.3) is 0 Å². The third-order valence-corrected chi connectivity index (χ3v) is 2.87. The molecule has 1 aromatic heterocycles. The molecule has 0 saturated carbocycles. The first-order chi connectivity index (χ1) is 9.58. The summed E-state index contributed by atoms with van der Waals surface area (Å²) in [5, 5.41) is 14.1. The van der Waals surface area contributed by atoms with E-state index in [2.05, 4.69) is 34.4 Å². The molecule has 20 heavy (non-hydrogen) atoms. The Morgan fingerprint density at radius 2 is 2.05 bits per heavy atom. The summed E-state index contributed by atoms with van der Waals surface area (Å²) < 4.78 is 0. The molecule has 0 fully saturated rings. The van der Waals surface area contributed by atoms with Gasteiger partial charge in [0.2, 0.25) is 0 Å². The second-order valence-corrected chi connectivity index (χ2v) is 4.11. The van der Waals surface area contributed by atoms with Crippen molar-refractivity contribution >= 4 is 17.7 Å². The summed E-state index contributed by atoms with van der Waals surface area (Å²) in [5.74, 6) is -1.18. The lowest BCUT2D eigenvalue weighted by atomic mass is 10.3. The fraction of sp³-hybridized carbons (Fsp3) is 0.462. The van der Waals surface area contributed by atoms with E-state index in [0.717, 1.165) is 19.6 Å². The van der Waals surface area contributed by atoms with Gasteiger partial charge in [0.15, 0.2) is 5.69 Å². The zero-order valence-electron chi connectivity index (χ0n) is 11.7. The molecule has 0 aromatic carbocycles. The van der Waals surface area contributed by atoms with E-state index in [1.54, 1.807) is 6.07 Å². The molecule has 0 aliphatic rings. The molecule has 3 N–H and O–H groups in total. The summed E-state index contributed by atoms with van der Waals surface area (Å²) in [5.41, 5.74) is 0.00623. The lowest BCUT2D eigenvalue weighted by Gasteiger charge is -2.18. The summed E-state index contributed by atoms with van der Waals surface area (Å²) >= 11 is 0. The number of aromatic nitrogens is 1. The molecule has 7 nitrogen and oxygen atoms in total. The SMILES string of the molecule is CCN(CC)CCNC(=O)Nc1cccnc1C(=O)O. The van der Waals surface area contributed by atoms with Crippen molar-refractivity contribution in [2.75, 3.05) is 31.5 Å².